The second-order valence-electron chi connectivity index (χ2n) is 4.28. The maximum Gasteiger partial charge on any atom is 0.340 e. The topological polar surface area (TPSA) is 98.5 Å². The Morgan fingerprint density at radius 2 is 2.30 bits per heavy atom. The van der Waals surface area contributed by atoms with Crippen LogP contribution in [0.2, 0.25) is 0 Å². The molecule has 0 aliphatic rings. The van der Waals surface area contributed by atoms with E-state index in [1.54, 1.807) is 12.1 Å². The predicted molar refractivity (Wildman–Crippen MR) is 67.8 cm³/mol. The first-order valence-electron chi connectivity index (χ1n) is 5.82. The highest BCUT2D eigenvalue weighted by atomic mass is 16.4. The number of carboxylic acids is 1. The summed E-state index contributed by atoms with van der Waals surface area (Å²) in [6, 6.07) is 3.42. The number of rotatable bonds is 3. The first kappa shape index (κ1) is 12.2. The molecule has 0 saturated carbocycles. The van der Waals surface area contributed by atoms with Crippen molar-refractivity contribution in [3.63, 3.8) is 0 Å². The fourth-order valence-corrected chi connectivity index (χ4v) is 2.08. The van der Waals surface area contributed by atoms with Crippen molar-refractivity contribution in [1.82, 2.24) is 9.55 Å². The van der Waals surface area contributed by atoms with E-state index >= 15 is 0 Å². The van der Waals surface area contributed by atoms with Gasteiger partial charge in [0.25, 0.3) is 5.56 Å². The van der Waals surface area contributed by atoms with E-state index in [9.17, 15) is 14.7 Å². The van der Waals surface area contributed by atoms with Crippen molar-refractivity contribution in [2.45, 2.75) is 13.5 Å². The van der Waals surface area contributed by atoms with Crippen molar-refractivity contribution in [3.8, 4) is 0 Å². The van der Waals surface area contributed by atoms with Crippen molar-refractivity contribution in [2.75, 3.05) is 0 Å². The second-order valence-corrected chi connectivity index (χ2v) is 4.28. The Labute approximate surface area is 112 Å². The molecule has 0 fully saturated rings. The zero-order valence-corrected chi connectivity index (χ0v) is 10.5. The molecule has 0 unspecified atom stereocenters. The van der Waals surface area contributed by atoms with Gasteiger partial charge in [-0.05, 0) is 19.1 Å². The van der Waals surface area contributed by atoms with E-state index in [1.165, 1.54) is 24.1 Å². The molecule has 3 aromatic rings. The lowest BCUT2D eigenvalue weighted by atomic mass is 10.2. The lowest BCUT2D eigenvalue weighted by molar-refractivity contribution is 0.0697. The maximum absolute atomic E-state index is 12.4. The van der Waals surface area contributed by atoms with Gasteiger partial charge in [-0.3, -0.25) is 9.36 Å². The maximum atomic E-state index is 12.4. The van der Waals surface area contributed by atoms with Crippen LogP contribution in [-0.4, -0.2) is 20.6 Å². The van der Waals surface area contributed by atoms with Crippen molar-refractivity contribution < 1.29 is 18.7 Å². The van der Waals surface area contributed by atoms with E-state index in [-0.39, 0.29) is 29.0 Å². The molecular weight excluding hydrogens is 264 g/mol. The highest BCUT2D eigenvalue weighted by Crippen LogP contribution is 2.20. The average molecular weight is 274 g/mol. The molecule has 0 aromatic carbocycles. The van der Waals surface area contributed by atoms with Crippen molar-refractivity contribution in [1.29, 1.82) is 0 Å². The van der Waals surface area contributed by atoms with Crippen LogP contribution in [0.15, 0.2) is 38.4 Å². The summed E-state index contributed by atoms with van der Waals surface area (Å²) < 4.78 is 11.6. The van der Waals surface area contributed by atoms with E-state index in [4.69, 9.17) is 8.83 Å². The molecule has 0 aliphatic carbocycles. The molecular formula is C13H10N2O5. The Kier molecular flexibility index (Phi) is 2.67. The molecule has 102 valence electrons. The summed E-state index contributed by atoms with van der Waals surface area (Å²) in [6.45, 7) is 1.67. The van der Waals surface area contributed by atoms with Crippen LogP contribution in [0, 0.1) is 6.92 Å². The number of aryl methyl sites for hydroxylation is 1. The third-order valence-corrected chi connectivity index (χ3v) is 2.97. The molecule has 0 radical (unpaired) electrons. The SMILES string of the molecule is Cc1oc2ncn(Cc3ccco3)c(=O)c2c1C(=O)O. The highest BCUT2D eigenvalue weighted by molar-refractivity contribution is 6.02. The van der Waals surface area contributed by atoms with Gasteiger partial charge in [0, 0.05) is 0 Å². The normalized spacial score (nSPS) is 11.1. The lowest BCUT2D eigenvalue weighted by Crippen LogP contribution is -2.21. The standard InChI is InChI=1S/C13H10N2O5/c1-7-9(13(17)18)10-11(20-7)14-6-15(12(10)16)5-8-3-2-4-19-8/h2-4,6H,5H2,1H3,(H,17,18). The number of hydrogen-bond acceptors (Lipinski definition) is 5. The van der Waals surface area contributed by atoms with Crippen LogP contribution >= 0.6 is 0 Å². The van der Waals surface area contributed by atoms with Crippen molar-refractivity contribution in [3.05, 3.63) is 52.2 Å². The minimum absolute atomic E-state index is 0.0240. The van der Waals surface area contributed by atoms with Gasteiger partial charge in [0.05, 0.1) is 12.8 Å². The lowest BCUT2D eigenvalue weighted by Gasteiger charge is -2.02. The summed E-state index contributed by atoms with van der Waals surface area (Å²) in [4.78, 5) is 27.6. The van der Waals surface area contributed by atoms with Crippen LogP contribution in [0.25, 0.3) is 11.1 Å². The number of carboxylic acid groups (broad SMARTS) is 1. The largest absolute Gasteiger partial charge is 0.478 e. The van der Waals surface area contributed by atoms with Gasteiger partial charge in [-0.2, -0.15) is 0 Å². The third kappa shape index (κ3) is 1.80. The number of fused-ring (bicyclic) bond motifs is 1. The number of hydrogen-bond donors (Lipinski definition) is 1. The summed E-state index contributed by atoms with van der Waals surface area (Å²) >= 11 is 0. The molecule has 3 heterocycles. The Bertz CT molecular complexity index is 842. The Hall–Kier alpha value is -2.83. The molecule has 0 atom stereocenters. The van der Waals surface area contributed by atoms with Crippen LogP contribution in [0.5, 0.6) is 0 Å². The van der Waals surface area contributed by atoms with Gasteiger partial charge in [0.1, 0.15) is 28.8 Å². The summed E-state index contributed by atoms with van der Waals surface area (Å²) in [6.07, 6.45) is 2.80. The minimum Gasteiger partial charge on any atom is -0.478 e. The number of aromatic nitrogens is 2. The first-order valence-corrected chi connectivity index (χ1v) is 5.82. The van der Waals surface area contributed by atoms with Crippen LogP contribution in [0.4, 0.5) is 0 Å². The van der Waals surface area contributed by atoms with E-state index < -0.39 is 11.5 Å². The highest BCUT2D eigenvalue weighted by Gasteiger charge is 2.22. The van der Waals surface area contributed by atoms with Gasteiger partial charge in [-0.15, -0.1) is 0 Å². The quantitative estimate of drug-likeness (QED) is 0.779. The fourth-order valence-electron chi connectivity index (χ4n) is 2.08. The van der Waals surface area contributed by atoms with Crippen LogP contribution < -0.4 is 5.56 Å². The molecule has 3 rings (SSSR count). The molecule has 0 saturated heterocycles. The summed E-state index contributed by atoms with van der Waals surface area (Å²) in [5.74, 6) is -0.478. The van der Waals surface area contributed by atoms with Gasteiger partial charge in [-0.25, -0.2) is 9.78 Å². The Morgan fingerprint density at radius 1 is 1.50 bits per heavy atom. The van der Waals surface area contributed by atoms with Crippen molar-refractivity contribution >= 4 is 17.1 Å². The molecule has 0 aliphatic heterocycles. The number of furan rings is 2. The summed E-state index contributed by atoms with van der Waals surface area (Å²) in [5, 5.41) is 9.15. The molecule has 7 heteroatoms. The van der Waals surface area contributed by atoms with E-state index in [0.717, 1.165) is 0 Å². The fraction of sp³-hybridized carbons (Fsp3) is 0.154. The molecule has 3 aromatic heterocycles. The van der Waals surface area contributed by atoms with E-state index in [2.05, 4.69) is 4.98 Å². The average Bonchev–Trinajstić information content (AvgIpc) is 2.99. The molecule has 1 N–H and O–H groups in total. The first-order chi connectivity index (χ1) is 9.58. The summed E-state index contributed by atoms with van der Waals surface area (Å²) in [5.41, 5.74) is -0.590. The molecule has 0 amide bonds. The number of nitrogens with zero attached hydrogens (tertiary/aromatic N) is 2. The Balaban J connectivity index is 2.22. The minimum atomic E-state index is -1.21. The molecule has 7 nitrogen and oxygen atoms in total. The molecule has 20 heavy (non-hydrogen) atoms. The predicted octanol–water partition coefficient (Wildman–Crippen LogP) is 1.64. The number of carbonyl (C=O) groups is 1. The molecule has 0 bridgehead atoms. The molecule has 0 spiro atoms. The van der Waals surface area contributed by atoms with Gasteiger partial charge in [-0.1, -0.05) is 0 Å². The summed E-state index contributed by atoms with van der Waals surface area (Å²) in [7, 11) is 0. The second kappa shape index (κ2) is 4.37. The van der Waals surface area contributed by atoms with Crippen LogP contribution in [0.3, 0.4) is 0 Å². The van der Waals surface area contributed by atoms with Gasteiger partial charge in [0.15, 0.2) is 0 Å². The third-order valence-electron chi connectivity index (χ3n) is 2.97. The monoisotopic (exact) mass is 274 g/mol. The number of aromatic carboxylic acids is 1. The van der Waals surface area contributed by atoms with E-state index in [1.807, 2.05) is 0 Å². The van der Waals surface area contributed by atoms with Gasteiger partial charge >= 0.3 is 5.97 Å². The van der Waals surface area contributed by atoms with E-state index in [0.29, 0.717) is 5.76 Å². The van der Waals surface area contributed by atoms with Crippen molar-refractivity contribution in [2.24, 2.45) is 0 Å². The zero-order chi connectivity index (χ0) is 14.3. The zero-order valence-electron chi connectivity index (χ0n) is 10.5. The Morgan fingerprint density at radius 3 is 2.95 bits per heavy atom. The smallest absolute Gasteiger partial charge is 0.340 e. The van der Waals surface area contributed by atoms with Crippen LogP contribution in [-0.2, 0) is 6.54 Å². The van der Waals surface area contributed by atoms with Gasteiger partial charge < -0.3 is 13.9 Å². The van der Waals surface area contributed by atoms with Gasteiger partial charge in [0.2, 0.25) is 5.71 Å². The van der Waals surface area contributed by atoms with Crippen LogP contribution in [0.1, 0.15) is 21.9 Å².